The Morgan fingerprint density at radius 1 is 0.667 bits per heavy atom. The van der Waals surface area contributed by atoms with Gasteiger partial charge in [0.05, 0.1) is 0 Å². The quantitative estimate of drug-likeness (QED) is 0.447. The van der Waals surface area contributed by atoms with Crippen molar-refractivity contribution in [3.05, 3.63) is 96.6 Å². The van der Waals surface area contributed by atoms with Gasteiger partial charge in [0.25, 0.3) is 0 Å². The molecule has 0 aliphatic carbocycles. The SMILES string of the molecule is C[C@@H]1C[C@H](C)SC(c2ccccc2)(P(c2ccccc2)c2ccccc2)S1. The van der Waals surface area contributed by atoms with Crippen LogP contribution in [0.25, 0.3) is 0 Å². The molecule has 1 saturated heterocycles. The molecule has 0 nitrogen and oxygen atoms in total. The van der Waals surface area contributed by atoms with Crippen LogP contribution < -0.4 is 10.6 Å². The normalized spacial score (nSPS) is 25.4. The molecular formula is C24H25PS2. The molecule has 138 valence electrons. The molecule has 0 saturated carbocycles. The second kappa shape index (κ2) is 8.43. The van der Waals surface area contributed by atoms with Gasteiger partial charge in [0.1, 0.15) is 3.82 Å². The third-order valence-corrected chi connectivity index (χ3v) is 11.9. The predicted molar refractivity (Wildman–Crippen MR) is 126 cm³/mol. The molecule has 0 bridgehead atoms. The minimum absolute atomic E-state index is 0.0381. The number of rotatable bonds is 4. The van der Waals surface area contributed by atoms with Gasteiger partial charge in [-0.15, -0.1) is 23.5 Å². The lowest BCUT2D eigenvalue weighted by molar-refractivity contribution is 0.787. The van der Waals surface area contributed by atoms with E-state index in [1.165, 1.54) is 22.6 Å². The maximum Gasteiger partial charge on any atom is 0.114 e. The third kappa shape index (κ3) is 3.99. The van der Waals surface area contributed by atoms with Gasteiger partial charge in [-0.1, -0.05) is 105 Å². The zero-order chi connectivity index (χ0) is 18.7. The number of hydrogen-bond donors (Lipinski definition) is 0. The molecule has 1 aliphatic rings. The van der Waals surface area contributed by atoms with Gasteiger partial charge in [0.2, 0.25) is 0 Å². The Morgan fingerprint density at radius 2 is 1.07 bits per heavy atom. The molecule has 0 aromatic heterocycles. The molecule has 4 rings (SSSR count). The summed E-state index contributed by atoms with van der Waals surface area (Å²) in [6.07, 6.45) is 1.27. The Hall–Kier alpha value is -1.21. The number of benzene rings is 3. The Morgan fingerprint density at radius 3 is 1.52 bits per heavy atom. The fraction of sp³-hybridized carbons (Fsp3) is 0.250. The maximum absolute atomic E-state index is 2.40. The van der Waals surface area contributed by atoms with Crippen molar-refractivity contribution in [3.8, 4) is 0 Å². The maximum atomic E-state index is 2.40. The van der Waals surface area contributed by atoms with Crippen molar-refractivity contribution in [2.45, 2.75) is 34.6 Å². The van der Waals surface area contributed by atoms with Gasteiger partial charge in [0.15, 0.2) is 0 Å². The zero-order valence-electron chi connectivity index (χ0n) is 15.8. The van der Waals surface area contributed by atoms with Crippen LogP contribution in [0.4, 0.5) is 0 Å². The van der Waals surface area contributed by atoms with Crippen molar-refractivity contribution in [1.29, 1.82) is 0 Å². The van der Waals surface area contributed by atoms with Crippen molar-refractivity contribution in [2.24, 2.45) is 0 Å². The van der Waals surface area contributed by atoms with Gasteiger partial charge in [-0.2, -0.15) is 0 Å². The van der Waals surface area contributed by atoms with Crippen LogP contribution in [0.5, 0.6) is 0 Å². The molecule has 1 unspecified atom stereocenters. The highest BCUT2D eigenvalue weighted by Crippen LogP contribution is 2.71. The highest BCUT2D eigenvalue weighted by Gasteiger charge is 2.48. The summed E-state index contributed by atoms with van der Waals surface area (Å²) in [5, 5.41) is 4.23. The van der Waals surface area contributed by atoms with E-state index in [1.807, 2.05) is 0 Å². The van der Waals surface area contributed by atoms with Gasteiger partial charge in [-0.25, -0.2) is 0 Å². The number of thioether (sulfide) groups is 2. The summed E-state index contributed by atoms with van der Waals surface area (Å²) >= 11 is 4.36. The molecular weight excluding hydrogens is 383 g/mol. The minimum atomic E-state index is -0.557. The van der Waals surface area contributed by atoms with Crippen LogP contribution in [-0.4, -0.2) is 10.5 Å². The Bertz CT molecular complexity index is 802. The first-order valence-corrected chi connectivity index (χ1v) is 12.6. The Labute approximate surface area is 172 Å². The summed E-state index contributed by atoms with van der Waals surface area (Å²) in [4.78, 5) is 0. The second-order valence-electron chi connectivity index (χ2n) is 7.05. The van der Waals surface area contributed by atoms with E-state index >= 15 is 0 Å². The first-order valence-electron chi connectivity index (χ1n) is 9.50. The fourth-order valence-electron chi connectivity index (χ4n) is 3.80. The van der Waals surface area contributed by atoms with E-state index < -0.39 is 7.92 Å². The van der Waals surface area contributed by atoms with E-state index in [0.29, 0.717) is 10.5 Å². The van der Waals surface area contributed by atoms with Gasteiger partial charge in [-0.3, -0.25) is 0 Å². The molecule has 0 radical (unpaired) electrons. The predicted octanol–water partition coefficient (Wildman–Crippen LogP) is 6.58. The summed E-state index contributed by atoms with van der Waals surface area (Å²) in [5.41, 5.74) is 1.46. The monoisotopic (exact) mass is 408 g/mol. The van der Waals surface area contributed by atoms with E-state index in [9.17, 15) is 0 Å². The number of hydrogen-bond acceptors (Lipinski definition) is 2. The van der Waals surface area contributed by atoms with Gasteiger partial charge in [0, 0.05) is 10.5 Å². The smallest absolute Gasteiger partial charge is 0.114 e. The minimum Gasteiger partial charge on any atom is -0.131 e. The third-order valence-electron chi connectivity index (χ3n) is 4.85. The molecule has 0 amide bonds. The molecule has 3 heteroatoms. The van der Waals surface area contributed by atoms with Crippen LogP contribution in [0.2, 0.25) is 0 Å². The zero-order valence-corrected chi connectivity index (χ0v) is 18.3. The Balaban J connectivity index is 1.95. The molecule has 0 N–H and O–H groups in total. The van der Waals surface area contributed by atoms with Crippen molar-refractivity contribution >= 4 is 42.1 Å². The van der Waals surface area contributed by atoms with Crippen molar-refractivity contribution < 1.29 is 0 Å². The molecule has 1 fully saturated rings. The average Bonchev–Trinajstić information content (AvgIpc) is 2.70. The molecule has 0 spiro atoms. The first kappa shape index (κ1) is 19.1. The summed E-state index contributed by atoms with van der Waals surface area (Å²) in [6, 6.07) is 33.5. The van der Waals surface area contributed by atoms with Crippen LogP contribution in [0, 0.1) is 0 Å². The van der Waals surface area contributed by atoms with Crippen LogP contribution in [0.3, 0.4) is 0 Å². The van der Waals surface area contributed by atoms with E-state index in [1.54, 1.807) is 0 Å². The van der Waals surface area contributed by atoms with Gasteiger partial charge < -0.3 is 0 Å². The van der Waals surface area contributed by atoms with Crippen LogP contribution >= 0.6 is 31.4 Å². The van der Waals surface area contributed by atoms with E-state index in [4.69, 9.17) is 0 Å². The van der Waals surface area contributed by atoms with Gasteiger partial charge in [-0.05, 0) is 30.5 Å². The highest BCUT2D eigenvalue weighted by molar-refractivity contribution is 8.26. The lowest BCUT2D eigenvalue weighted by Gasteiger charge is -2.47. The summed E-state index contributed by atoms with van der Waals surface area (Å²) in [5.74, 6) is 0. The summed E-state index contributed by atoms with van der Waals surface area (Å²) in [7, 11) is -0.557. The molecule has 1 aliphatic heterocycles. The fourth-order valence-corrected chi connectivity index (χ4v) is 13.0. The largest absolute Gasteiger partial charge is 0.131 e. The molecule has 1 heterocycles. The Kier molecular flexibility index (Phi) is 5.97. The first-order chi connectivity index (χ1) is 13.2. The van der Waals surface area contributed by atoms with Gasteiger partial charge >= 0.3 is 0 Å². The topological polar surface area (TPSA) is 0 Å². The van der Waals surface area contributed by atoms with Crippen LogP contribution in [0.1, 0.15) is 25.8 Å². The lowest BCUT2D eigenvalue weighted by atomic mass is 10.2. The van der Waals surface area contributed by atoms with E-state index in [-0.39, 0.29) is 3.82 Å². The molecule has 3 aromatic rings. The van der Waals surface area contributed by atoms with Crippen molar-refractivity contribution in [2.75, 3.05) is 0 Å². The van der Waals surface area contributed by atoms with Crippen molar-refractivity contribution in [1.82, 2.24) is 0 Å². The van der Waals surface area contributed by atoms with E-state index in [0.717, 1.165) is 0 Å². The summed E-state index contributed by atoms with van der Waals surface area (Å²) in [6.45, 7) is 4.81. The van der Waals surface area contributed by atoms with Crippen LogP contribution in [-0.2, 0) is 3.82 Å². The highest BCUT2D eigenvalue weighted by atomic mass is 32.2. The van der Waals surface area contributed by atoms with E-state index in [2.05, 4.69) is 128 Å². The second-order valence-corrected chi connectivity index (χ2v) is 13.6. The van der Waals surface area contributed by atoms with Crippen molar-refractivity contribution in [3.63, 3.8) is 0 Å². The molecule has 27 heavy (non-hydrogen) atoms. The lowest BCUT2D eigenvalue weighted by Crippen LogP contribution is -2.34. The molecule has 3 atom stereocenters. The molecule has 3 aromatic carbocycles. The standard InChI is InChI=1S/C24H25PS2/c1-19-18-20(2)27-24(26-19,21-12-6-3-7-13-21)25(22-14-8-4-9-15-22)23-16-10-5-11-17-23/h3-17,19-20H,18H2,1-2H3/t19-,20+,24?. The average molecular weight is 409 g/mol. The van der Waals surface area contributed by atoms with Crippen LogP contribution in [0.15, 0.2) is 91.0 Å². The summed E-state index contributed by atoms with van der Waals surface area (Å²) < 4.78 is 0.0381.